The molecule has 0 spiro atoms. The molecule has 6 heteroatoms. The smallest absolute Gasteiger partial charge is 0.156 e. The minimum Gasteiger partial charge on any atom is -0.323 e. The highest BCUT2D eigenvalue weighted by Crippen LogP contribution is 2.43. The Morgan fingerprint density at radius 2 is 2.11 bits per heavy atom. The van der Waals surface area contributed by atoms with Gasteiger partial charge >= 0.3 is 0 Å². The van der Waals surface area contributed by atoms with Crippen LogP contribution in [0.1, 0.15) is 54.1 Å². The number of hydrogen-bond acceptors (Lipinski definition) is 5. The first-order chi connectivity index (χ1) is 8.10. The van der Waals surface area contributed by atoms with Crippen molar-refractivity contribution in [3.63, 3.8) is 0 Å². The van der Waals surface area contributed by atoms with Gasteiger partial charge in [-0.3, -0.25) is 0 Å². The van der Waals surface area contributed by atoms with Crippen LogP contribution in [0.5, 0.6) is 0 Å². The molecule has 0 aromatic carbocycles. The average molecular weight is 288 g/mol. The van der Waals surface area contributed by atoms with Crippen LogP contribution in [0.15, 0.2) is 0 Å². The second kappa shape index (κ2) is 4.28. The standard InChI is InChI=1S/C12H20N2O2S2/c1-7(18(4,15)16)11-14-9-6-12(2,3)5-8(13)10(9)17-11/h7-8H,5-6,13H2,1-4H3. The topological polar surface area (TPSA) is 73.0 Å². The second-order valence-corrected chi connectivity index (χ2v) is 9.41. The maximum absolute atomic E-state index is 11.6. The van der Waals surface area contributed by atoms with Gasteiger partial charge in [0.25, 0.3) is 0 Å². The molecule has 18 heavy (non-hydrogen) atoms. The van der Waals surface area contributed by atoms with Crippen LogP contribution in [0.3, 0.4) is 0 Å². The molecule has 0 fully saturated rings. The van der Waals surface area contributed by atoms with E-state index in [1.165, 1.54) is 17.6 Å². The molecule has 4 nitrogen and oxygen atoms in total. The van der Waals surface area contributed by atoms with Crippen LogP contribution in [-0.4, -0.2) is 19.7 Å². The molecule has 1 aliphatic carbocycles. The van der Waals surface area contributed by atoms with Gasteiger partial charge in [0, 0.05) is 17.2 Å². The van der Waals surface area contributed by atoms with Crippen molar-refractivity contribution in [2.45, 2.75) is 44.9 Å². The van der Waals surface area contributed by atoms with Gasteiger partial charge in [0.05, 0.1) is 5.69 Å². The summed E-state index contributed by atoms with van der Waals surface area (Å²) in [5.41, 5.74) is 7.31. The third kappa shape index (κ3) is 2.60. The predicted molar refractivity (Wildman–Crippen MR) is 74.4 cm³/mol. The summed E-state index contributed by atoms with van der Waals surface area (Å²) < 4.78 is 23.2. The number of rotatable bonds is 2. The molecular formula is C12H20N2O2S2. The van der Waals surface area contributed by atoms with Gasteiger partial charge in [-0.15, -0.1) is 11.3 Å². The van der Waals surface area contributed by atoms with E-state index in [1.807, 2.05) is 0 Å². The Bertz CT molecular complexity index is 561. The lowest BCUT2D eigenvalue weighted by Crippen LogP contribution is -2.28. The molecule has 1 aliphatic rings. The van der Waals surface area contributed by atoms with Crippen molar-refractivity contribution in [2.75, 3.05) is 6.26 Å². The summed E-state index contributed by atoms with van der Waals surface area (Å²) in [6.07, 6.45) is 3.06. The highest BCUT2D eigenvalue weighted by Gasteiger charge is 2.34. The van der Waals surface area contributed by atoms with E-state index in [0.717, 1.165) is 23.4 Å². The lowest BCUT2D eigenvalue weighted by molar-refractivity contribution is 0.282. The minimum absolute atomic E-state index is 0.0123. The van der Waals surface area contributed by atoms with Gasteiger partial charge in [-0.25, -0.2) is 13.4 Å². The fraction of sp³-hybridized carbons (Fsp3) is 0.750. The van der Waals surface area contributed by atoms with E-state index in [0.29, 0.717) is 5.01 Å². The zero-order valence-corrected chi connectivity index (χ0v) is 12.9. The van der Waals surface area contributed by atoms with E-state index >= 15 is 0 Å². The number of nitrogens with zero attached hydrogens (tertiary/aromatic N) is 1. The number of aromatic nitrogens is 1. The summed E-state index contributed by atoms with van der Waals surface area (Å²) in [5.74, 6) is 0. The van der Waals surface area contributed by atoms with E-state index in [2.05, 4.69) is 18.8 Å². The fourth-order valence-electron chi connectivity index (χ4n) is 2.37. The highest BCUT2D eigenvalue weighted by atomic mass is 32.2. The average Bonchev–Trinajstić information content (AvgIpc) is 2.56. The van der Waals surface area contributed by atoms with Crippen LogP contribution >= 0.6 is 11.3 Å². The van der Waals surface area contributed by atoms with Gasteiger partial charge in [0.15, 0.2) is 9.84 Å². The van der Waals surface area contributed by atoms with E-state index in [4.69, 9.17) is 5.73 Å². The maximum Gasteiger partial charge on any atom is 0.156 e. The Morgan fingerprint density at radius 1 is 1.50 bits per heavy atom. The van der Waals surface area contributed by atoms with Crippen molar-refractivity contribution >= 4 is 21.2 Å². The van der Waals surface area contributed by atoms with E-state index in [9.17, 15) is 8.42 Å². The molecule has 1 aromatic rings. The van der Waals surface area contributed by atoms with Gasteiger partial charge < -0.3 is 5.73 Å². The number of thiazole rings is 1. The van der Waals surface area contributed by atoms with Crippen molar-refractivity contribution in [2.24, 2.45) is 11.1 Å². The fourth-order valence-corrected chi connectivity index (χ4v) is 4.47. The lowest BCUT2D eigenvalue weighted by Gasteiger charge is -2.32. The molecule has 1 aromatic heterocycles. The molecule has 0 saturated heterocycles. The van der Waals surface area contributed by atoms with Crippen molar-refractivity contribution in [3.8, 4) is 0 Å². The van der Waals surface area contributed by atoms with E-state index in [-0.39, 0.29) is 11.5 Å². The first-order valence-electron chi connectivity index (χ1n) is 6.04. The highest BCUT2D eigenvalue weighted by molar-refractivity contribution is 7.91. The molecule has 0 radical (unpaired) electrons. The monoisotopic (exact) mass is 288 g/mol. The third-order valence-corrected chi connectivity index (χ3v) is 6.56. The molecular weight excluding hydrogens is 268 g/mol. The Labute approximate surface area is 113 Å². The van der Waals surface area contributed by atoms with Crippen molar-refractivity contribution in [1.29, 1.82) is 0 Å². The summed E-state index contributed by atoms with van der Waals surface area (Å²) in [6, 6.07) is -0.0123. The Kier molecular flexibility index (Phi) is 3.32. The molecule has 2 N–H and O–H groups in total. The van der Waals surface area contributed by atoms with Crippen molar-refractivity contribution < 1.29 is 8.42 Å². The quantitative estimate of drug-likeness (QED) is 0.905. The number of fused-ring (bicyclic) bond motifs is 1. The van der Waals surface area contributed by atoms with Gasteiger partial charge in [0.2, 0.25) is 0 Å². The maximum atomic E-state index is 11.6. The van der Waals surface area contributed by atoms with Crippen LogP contribution in [0, 0.1) is 5.41 Å². The largest absolute Gasteiger partial charge is 0.323 e. The molecule has 102 valence electrons. The normalized spacial score (nSPS) is 24.6. The molecule has 2 atom stereocenters. The van der Waals surface area contributed by atoms with E-state index in [1.54, 1.807) is 6.92 Å². The molecule has 0 amide bonds. The van der Waals surface area contributed by atoms with Gasteiger partial charge in [0.1, 0.15) is 10.3 Å². The van der Waals surface area contributed by atoms with Crippen LogP contribution in [0.4, 0.5) is 0 Å². The summed E-state index contributed by atoms with van der Waals surface area (Å²) >= 11 is 1.46. The van der Waals surface area contributed by atoms with Crippen molar-refractivity contribution in [3.05, 3.63) is 15.6 Å². The summed E-state index contributed by atoms with van der Waals surface area (Å²) in [7, 11) is -3.09. The molecule has 0 bridgehead atoms. The van der Waals surface area contributed by atoms with Crippen LogP contribution in [0.25, 0.3) is 0 Å². The number of nitrogens with two attached hydrogens (primary N) is 1. The van der Waals surface area contributed by atoms with Gasteiger partial charge in [-0.1, -0.05) is 13.8 Å². The van der Waals surface area contributed by atoms with Gasteiger partial charge in [-0.2, -0.15) is 0 Å². The molecule has 2 rings (SSSR count). The minimum atomic E-state index is -3.09. The predicted octanol–water partition coefficient (Wildman–Crippen LogP) is 2.22. The zero-order chi connectivity index (χ0) is 13.7. The summed E-state index contributed by atoms with van der Waals surface area (Å²) in [4.78, 5) is 5.59. The first-order valence-corrected chi connectivity index (χ1v) is 8.81. The lowest BCUT2D eigenvalue weighted by atomic mass is 9.77. The van der Waals surface area contributed by atoms with Crippen molar-refractivity contribution in [1.82, 2.24) is 4.98 Å². The van der Waals surface area contributed by atoms with Crippen LogP contribution < -0.4 is 5.73 Å². The van der Waals surface area contributed by atoms with Crippen LogP contribution in [0.2, 0.25) is 0 Å². The SMILES string of the molecule is CC(c1nc2c(s1)C(N)CC(C)(C)C2)S(C)(=O)=O. The van der Waals surface area contributed by atoms with E-state index < -0.39 is 15.1 Å². The number of sulfone groups is 1. The summed E-state index contributed by atoms with van der Waals surface area (Å²) in [5, 5.41) is 0.138. The Hall–Kier alpha value is -0.460. The Morgan fingerprint density at radius 3 is 2.67 bits per heavy atom. The zero-order valence-electron chi connectivity index (χ0n) is 11.2. The molecule has 0 saturated carbocycles. The molecule has 2 unspecified atom stereocenters. The Balaban J connectivity index is 2.41. The van der Waals surface area contributed by atoms with Gasteiger partial charge in [-0.05, 0) is 25.2 Å². The third-order valence-electron chi connectivity index (χ3n) is 3.49. The molecule has 1 heterocycles. The second-order valence-electron chi connectivity index (χ2n) is 5.99. The number of hydrogen-bond donors (Lipinski definition) is 1. The van der Waals surface area contributed by atoms with Crippen LogP contribution in [-0.2, 0) is 16.3 Å². The summed E-state index contributed by atoms with van der Waals surface area (Å²) in [6.45, 7) is 6.04. The molecule has 0 aliphatic heterocycles. The first kappa shape index (κ1) is 14.0.